The predicted molar refractivity (Wildman–Crippen MR) is 158 cm³/mol. The Kier molecular flexibility index (Phi) is 6.75. The third-order valence-corrected chi connectivity index (χ3v) is 8.70. The summed E-state index contributed by atoms with van der Waals surface area (Å²) in [5, 5.41) is 1.25. The van der Waals surface area contributed by atoms with Gasteiger partial charge >= 0.3 is 6.48 Å². The molecule has 1 heterocycles. The van der Waals surface area contributed by atoms with E-state index in [0.717, 1.165) is 4.81 Å². The van der Waals surface area contributed by atoms with Gasteiger partial charge in [0.05, 0.1) is 11.4 Å². The minimum Gasteiger partial charge on any atom is -0.688 e. The molecule has 0 amide bonds. The topological polar surface area (TPSA) is 12.5 Å². The van der Waals surface area contributed by atoms with Crippen molar-refractivity contribution in [2.24, 2.45) is 0 Å². The van der Waals surface area contributed by atoms with Crippen molar-refractivity contribution in [3.63, 3.8) is 0 Å². The number of fused-ring (bicyclic) bond motifs is 6. The Bertz CT molecular complexity index is 2200. The number of hydrogen-bond acceptors (Lipinski definition) is 2. The number of rotatable bonds is 3. The zero-order chi connectivity index (χ0) is 33.7. The Hall–Kier alpha value is -5.20. The molecular weight excluding hydrogens is 639 g/mol. The molecule has 13 heteroatoms. The van der Waals surface area contributed by atoms with E-state index in [1.165, 1.54) is 44.2 Å². The molecule has 0 N–H and O–H groups in total. The zero-order valence-corrected chi connectivity index (χ0v) is 24.1. The van der Waals surface area contributed by atoms with Crippen LogP contribution < -0.4 is 20.4 Å². The minimum atomic E-state index is -4.85. The number of benzene rings is 6. The molecule has 0 spiro atoms. The molecule has 7 rings (SSSR count). The second kappa shape index (κ2) is 10.4. The number of anilines is 2. The van der Waals surface area contributed by atoms with Crippen molar-refractivity contribution in [3.05, 3.63) is 136 Å². The van der Waals surface area contributed by atoms with Gasteiger partial charge in [0.1, 0.15) is 23.3 Å². The maximum atomic E-state index is 16.2. The molecule has 1 aliphatic rings. The normalized spacial score (nSPS) is 13.8. The summed E-state index contributed by atoms with van der Waals surface area (Å²) >= 11 is 0. The van der Waals surface area contributed by atoms with Crippen molar-refractivity contribution in [1.82, 2.24) is 0 Å². The average Bonchev–Trinajstić information content (AvgIpc) is 3.40. The molecular formula is C34H17BF10NO-. The number of para-hydroxylation sites is 1. The van der Waals surface area contributed by atoms with Gasteiger partial charge in [0.15, 0.2) is 34.9 Å². The Labute approximate surface area is 259 Å². The summed E-state index contributed by atoms with van der Waals surface area (Å²) in [5.74, 6) is -26.1. The molecule has 0 aromatic heterocycles. The molecule has 0 unspecified atom stereocenters. The number of hydrogen-bond donors (Lipinski definition) is 0. The quantitative estimate of drug-likeness (QED) is 0.0621. The SMILES string of the molecule is Cc1cccc(C)c1N1c2c(c3ccccc3c3ccccc23)O[B-]1(c1c(F)c(F)c(F)c(F)c1F)c1c(F)c(F)c(F)c(F)c1F. The van der Waals surface area contributed by atoms with E-state index in [9.17, 15) is 8.78 Å². The van der Waals surface area contributed by atoms with Crippen molar-refractivity contribution in [3.8, 4) is 5.75 Å². The minimum absolute atomic E-state index is 0.112. The third-order valence-electron chi connectivity index (χ3n) is 8.70. The van der Waals surface area contributed by atoms with Crippen LogP contribution in [0, 0.1) is 72.0 Å². The van der Waals surface area contributed by atoms with Crippen LogP contribution in [-0.4, -0.2) is 6.48 Å². The summed E-state index contributed by atoms with van der Waals surface area (Å²) in [6, 6.07) is 17.1. The summed E-state index contributed by atoms with van der Waals surface area (Å²) in [4.78, 5) is 0.811. The van der Waals surface area contributed by atoms with Crippen LogP contribution in [0.15, 0.2) is 66.7 Å². The van der Waals surface area contributed by atoms with E-state index in [1.807, 2.05) is 0 Å². The average molecular weight is 656 g/mol. The lowest BCUT2D eigenvalue weighted by molar-refractivity contribution is 0.378. The van der Waals surface area contributed by atoms with Crippen LogP contribution in [-0.2, 0) is 0 Å². The van der Waals surface area contributed by atoms with Crippen molar-refractivity contribution < 1.29 is 48.6 Å². The first-order valence-corrected chi connectivity index (χ1v) is 14.0. The first-order chi connectivity index (χ1) is 22.3. The lowest BCUT2D eigenvalue weighted by Gasteiger charge is -2.48. The Morgan fingerprint density at radius 1 is 0.426 bits per heavy atom. The highest BCUT2D eigenvalue weighted by atomic mass is 19.2. The second-order valence-corrected chi connectivity index (χ2v) is 11.2. The lowest BCUT2D eigenvalue weighted by Crippen LogP contribution is -2.75. The fourth-order valence-corrected chi connectivity index (χ4v) is 6.78. The summed E-state index contributed by atoms with van der Waals surface area (Å²) in [5.41, 5.74) is -3.72. The first kappa shape index (κ1) is 30.5. The van der Waals surface area contributed by atoms with Gasteiger partial charge in [-0.25, -0.2) is 43.9 Å². The summed E-state index contributed by atoms with van der Waals surface area (Å²) in [6.45, 7) is -1.90. The molecule has 0 radical (unpaired) electrons. The van der Waals surface area contributed by atoms with Crippen LogP contribution in [0.3, 0.4) is 0 Å². The van der Waals surface area contributed by atoms with Gasteiger partial charge < -0.3 is 9.47 Å². The van der Waals surface area contributed by atoms with Crippen molar-refractivity contribution in [2.45, 2.75) is 13.8 Å². The van der Waals surface area contributed by atoms with E-state index in [2.05, 4.69) is 0 Å². The Morgan fingerprint density at radius 3 is 1.23 bits per heavy atom. The maximum Gasteiger partial charge on any atom is 0.336 e. The smallest absolute Gasteiger partial charge is 0.336 e. The van der Waals surface area contributed by atoms with Crippen LogP contribution in [0.1, 0.15) is 11.1 Å². The lowest BCUT2D eigenvalue weighted by atomic mass is 9.39. The third kappa shape index (κ3) is 3.88. The molecule has 6 aromatic rings. The first-order valence-electron chi connectivity index (χ1n) is 14.0. The highest BCUT2D eigenvalue weighted by molar-refractivity contribution is 7.02. The predicted octanol–water partition coefficient (Wildman–Crippen LogP) is 8.79. The Morgan fingerprint density at radius 2 is 0.787 bits per heavy atom. The molecule has 47 heavy (non-hydrogen) atoms. The molecule has 0 fully saturated rings. The van der Waals surface area contributed by atoms with Gasteiger partial charge in [0, 0.05) is 16.5 Å². The van der Waals surface area contributed by atoms with Crippen LogP contribution in [0.25, 0.3) is 21.5 Å². The van der Waals surface area contributed by atoms with Crippen molar-refractivity contribution in [2.75, 3.05) is 4.81 Å². The van der Waals surface area contributed by atoms with Gasteiger partial charge in [-0.2, -0.15) is 0 Å². The summed E-state index contributed by atoms with van der Waals surface area (Å²) < 4.78 is 160. The van der Waals surface area contributed by atoms with Crippen molar-refractivity contribution in [1.29, 1.82) is 0 Å². The monoisotopic (exact) mass is 656 g/mol. The van der Waals surface area contributed by atoms with Crippen LogP contribution in [0.5, 0.6) is 5.75 Å². The fourth-order valence-electron chi connectivity index (χ4n) is 6.78. The maximum absolute atomic E-state index is 16.2. The molecule has 0 aliphatic carbocycles. The van der Waals surface area contributed by atoms with Gasteiger partial charge in [0.2, 0.25) is 0 Å². The van der Waals surface area contributed by atoms with Gasteiger partial charge in [-0.05, 0) is 35.7 Å². The molecule has 0 saturated heterocycles. The molecule has 1 aliphatic heterocycles. The largest absolute Gasteiger partial charge is 0.688 e. The van der Waals surface area contributed by atoms with Gasteiger partial charge in [-0.1, -0.05) is 77.7 Å². The standard InChI is InChI=1S/C34H17BF10NO/c1-14-8-7-9-15(2)32(14)46-33-18-12-5-3-10-16(18)17-11-4-6-13-19(17)34(33)47-35(46,20-22(36)26(40)30(44)27(41)23(20)37)21-24(38)28(42)31(45)29(43)25(21)39/h3-13H,1-2H3/q-1. The van der Waals surface area contributed by atoms with Gasteiger partial charge in [0.25, 0.3) is 0 Å². The van der Waals surface area contributed by atoms with E-state index in [4.69, 9.17) is 4.65 Å². The number of aryl methyl sites for hydroxylation is 2. The number of halogens is 10. The van der Waals surface area contributed by atoms with Crippen LogP contribution in [0.2, 0.25) is 0 Å². The van der Waals surface area contributed by atoms with E-state index < -0.39 is 75.6 Å². The van der Waals surface area contributed by atoms with E-state index in [1.54, 1.807) is 36.4 Å². The molecule has 6 aromatic carbocycles. The number of nitrogens with zero attached hydrogens (tertiary/aromatic N) is 1. The van der Waals surface area contributed by atoms with Crippen molar-refractivity contribution >= 4 is 50.3 Å². The second-order valence-electron chi connectivity index (χ2n) is 11.2. The zero-order valence-electron chi connectivity index (χ0n) is 24.1. The molecule has 0 bridgehead atoms. The molecule has 0 saturated carbocycles. The highest BCUT2D eigenvalue weighted by Gasteiger charge is 2.55. The molecule has 0 atom stereocenters. The fraction of sp³-hybridized carbons (Fsp3) is 0.0588. The summed E-state index contributed by atoms with van der Waals surface area (Å²) in [6.07, 6.45) is 0. The van der Waals surface area contributed by atoms with Gasteiger partial charge in [-0.3, -0.25) is 0 Å². The van der Waals surface area contributed by atoms with Crippen LogP contribution in [0.4, 0.5) is 55.3 Å². The molecule has 2 nitrogen and oxygen atoms in total. The van der Waals surface area contributed by atoms with Gasteiger partial charge in [-0.15, -0.1) is 0 Å². The highest BCUT2D eigenvalue weighted by Crippen LogP contribution is 2.54. The molecule has 238 valence electrons. The van der Waals surface area contributed by atoms with E-state index >= 15 is 35.1 Å². The Balaban J connectivity index is 1.83. The van der Waals surface area contributed by atoms with Crippen LogP contribution >= 0.6 is 0 Å². The van der Waals surface area contributed by atoms with E-state index in [0.29, 0.717) is 10.8 Å². The summed E-state index contributed by atoms with van der Waals surface area (Å²) in [7, 11) is 0. The van der Waals surface area contributed by atoms with E-state index in [-0.39, 0.29) is 39.0 Å².